The van der Waals surface area contributed by atoms with Crippen molar-refractivity contribution in [2.75, 3.05) is 0 Å². The van der Waals surface area contributed by atoms with Crippen LogP contribution in [0.15, 0.2) is 20.5 Å². The van der Waals surface area contributed by atoms with Crippen molar-refractivity contribution in [3.8, 4) is 11.6 Å². The SMILES string of the molecule is Cc1oc(-c2csc([C@H](NC(=O)OC(C)(C)C)C(C)C)n2)nc1C(=O)N[C@@H](C)c1nc(C(=O)O)co1. The number of oxazole rings is 2. The standard InChI is InChI=1S/C23H29N5O7S/c1-10(2)15(28-22(32)35-23(5,6)7)20-26-14(9-36-20)19-27-16(12(4)34-19)17(29)24-11(3)18-25-13(8-33-18)21(30)31/h8-11,15H,1-7H3,(H,24,29)(H,28,32)(H,30,31)/t11-,15+/m0/s1. The number of hydrogen-bond donors (Lipinski definition) is 3. The predicted molar refractivity (Wildman–Crippen MR) is 129 cm³/mol. The van der Waals surface area contributed by atoms with Gasteiger partial charge in [0, 0.05) is 5.38 Å². The number of aromatic nitrogens is 3. The van der Waals surface area contributed by atoms with E-state index in [2.05, 4.69) is 25.6 Å². The largest absolute Gasteiger partial charge is 0.476 e. The van der Waals surface area contributed by atoms with Crippen molar-refractivity contribution < 1.29 is 33.1 Å². The maximum atomic E-state index is 12.8. The molecule has 0 saturated heterocycles. The van der Waals surface area contributed by atoms with E-state index in [9.17, 15) is 14.4 Å². The molecule has 3 rings (SSSR count). The van der Waals surface area contributed by atoms with E-state index >= 15 is 0 Å². The molecule has 3 heterocycles. The molecule has 0 saturated carbocycles. The van der Waals surface area contributed by atoms with Crippen LogP contribution in [0.1, 0.15) is 91.3 Å². The van der Waals surface area contributed by atoms with Crippen molar-refractivity contribution in [2.45, 2.75) is 66.2 Å². The third kappa shape index (κ3) is 6.47. The summed E-state index contributed by atoms with van der Waals surface area (Å²) in [7, 11) is 0. The summed E-state index contributed by atoms with van der Waals surface area (Å²) in [5, 5.41) is 16.9. The van der Waals surface area contributed by atoms with Crippen molar-refractivity contribution in [1.29, 1.82) is 0 Å². The molecule has 3 N–H and O–H groups in total. The van der Waals surface area contributed by atoms with Crippen molar-refractivity contribution in [3.63, 3.8) is 0 Å². The molecule has 0 bridgehead atoms. The van der Waals surface area contributed by atoms with Gasteiger partial charge in [-0.25, -0.2) is 24.5 Å². The first kappa shape index (κ1) is 26.9. The minimum atomic E-state index is -1.23. The molecule has 0 aliphatic heterocycles. The van der Waals surface area contributed by atoms with Crippen LogP contribution < -0.4 is 10.6 Å². The van der Waals surface area contributed by atoms with Gasteiger partial charge in [-0.1, -0.05) is 13.8 Å². The van der Waals surface area contributed by atoms with Crippen LogP contribution in [-0.2, 0) is 4.74 Å². The van der Waals surface area contributed by atoms with Gasteiger partial charge in [0.15, 0.2) is 11.4 Å². The van der Waals surface area contributed by atoms with E-state index in [0.29, 0.717) is 10.7 Å². The molecule has 0 aliphatic carbocycles. The summed E-state index contributed by atoms with van der Waals surface area (Å²) < 4.78 is 16.2. The molecule has 3 aromatic heterocycles. The van der Waals surface area contributed by atoms with Gasteiger partial charge < -0.3 is 29.3 Å². The van der Waals surface area contributed by atoms with Crippen molar-refractivity contribution >= 4 is 29.3 Å². The molecule has 13 heteroatoms. The normalized spacial score (nSPS) is 13.3. The second-order valence-electron chi connectivity index (χ2n) is 9.43. The highest BCUT2D eigenvalue weighted by molar-refractivity contribution is 7.10. The van der Waals surface area contributed by atoms with Crippen molar-refractivity contribution in [1.82, 2.24) is 25.6 Å². The number of carbonyl (C=O) groups is 3. The molecule has 2 amide bonds. The molecular weight excluding hydrogens is 490 g/mol. The third-order valence-electron chi connectivity index (χ3n) is 4.82. The Morgan fingerprint density at radius 2 is 1.81 bits per heavy atom. The lowest BCUT2D eigenvalue weighted by molar-refractivity contribution is 0.0488. The van der Waals surface area contributed by atoms with Crippen molar-refractivity contribution in [3.05, 3.63) is 39.7 Å². The number of hydrogen-bond acceptors (Lipinski definition) is 10. The molecule has 0 fully saturated rings. The quantitative estimate of drug-likeness (QED) is 0.385. The molecule has 0 radical (unpaired) electrons. The van der Waals surface area contributed by atoms with Crippen LogP contribution in [0.4, 0.5) is 4.79 Å². The maximum Gasteiger partial charge on any atom is 0.408 e. The van der Waals surface area contributed by atoms with Gasteiger partial charge in [-0.05, 0) is 40.5 Å². The number of nitrogens with zero attached hydrogens (tertiary/aromatic N) is 3. The fourth-order valence-corrected chi connectivity index (χ4v) is 4.12. The predicted octanol–water partition coefficient (Wildman–Crippen LogP) is 4.51. The molecule has 12 nitrogen and oxygen atoms in total. The number of thiazole rings is 1. The van der Waals surface area contributed by atoms with Crippen LogP contribution in [0.5, 0.6) is 0 Å². The van der Waals surface area contributed by atoms with E-state index in [0.717, 1.165) is 6.26 Å². The Labute approximate surface area is 211 Å². The second-order valence-corrected chi connectivity index (χ2v) is 10.3. The summed E-state index contributed by atoms with van der Waals surface area (Å²) in [4.78, 5) is 48.8. The van der Waals surface area contributed by atoms with Gasteiger partial charge in [-0.15, -0.1) is 11.3 Å². The van der Waals surface area contributed by atoms with Gasteiger partial charge >= 0.3 is 12.1 Å². The highest BCUT2D eigenvalue weighted by Crippen LogP contribution is 2.30. The van der Waals surface area contributed by atoms with Crippen molar-refractivity contribution in [2.24, 2.45) is 5.92 Å². The highest BCUT2D eigenvalue weighted by atomic mass is 32.1. The highest BCUT2D eigenvalue weighted by Gasteiger charge is 2.27. The Bertz CT molecular complexity index is 1250. The minimum Gasteiger partial charge on any atom is -0.476 e. The minimum absolute atomic E-state index is 0.0301. The first-order valence-electron chi connectivity index (χ1n) is 11.2. The first-order valence-corrected chi connectivity index (χ1v) is 12.1. The molecule has 194 valence electrons. The van der Waals surface area contributed by atoms with E-state index in [4.69, 9.17) is 18.7 Å². The molecule has 0 aliphatic rings. The second kappa shape index (κ2) is 10.5. The summed E-state index contributed by atoms with van der Waals surface area (Å²) in [6.45, 7) is 12.5. The number of aromatic carboxylic acids is 1. The van der Waals surface area contributed by atoms with Crippen LogP contribution in [0.2, 0.25) is 0 Å². The van der Waals surface area contributed by atoms with Gasteiger partial charge in [0.2, 0.25) is 11.8 Å². The number of amides is 2. The molecule has 0 aromatic carbocycles. The smallest absolute Gasteiger partial charge is 0.408 e. The zero-order valence-corrected chi connectivity index (χ0v) is 21.8. The number of aryl methyl sites for hydroxylation is 1. The fraction of sp³-hybridized carbons (Fsp3) is 0.478. The van der Waals surface area contributed by atoms with Gasteiger partial charge in [-0.3, -0.25) is 4.79 Å². The average molecular weight is 520 g/mol. The number of carboxylic acid groups (broad SMARTS) is 1. The molecule has 2 atom stereocenters. The third-order valence-corrected chi connectivity index (χ3v) is 5.74. The Hall–Kier alpha value is -3.74. The Morgan fingerprint density at radius 1 is 1.11 bits per heavy atom. The summed E-state index contributed by atoms with van der Waals surface area (Å²) >= 11 is 1.33. The molecule has 0 unspecified atom stereocenters. The van der Waals surface area contributed by atoms with Gasteiger partial charge in [-0.2, -0.15) is 0 Å². The monoisotopic (exact) mass is 519 g/mol. The lowest BCUT2D eigenvalue weighted by atomic mass is 10.1. The molecule has 0 spiro atoms. The lowest BCUT2D eigenvalue weighted by Crippen LogP contribution is -2.36. The van der Waals surface area contributed by atoms with Gasteiger partial charge in [0.1, 0.15) is 34.4 Å². The van der Waals surface area contributed by atoms with Crippen LogP contribution in [0.25, 0.3) is 11.6 Å². The lowest BCUT2D eigenvalue weighted by Gasteiger charge is -2.24. The Kier molecular flexibility index (Phi) is 7.82. The van der Waals surface area contributed by atoms with Crippen LogP contribution >= 0.6 is 11.3 Å². The molecule has 3 aromatic rings. The zero-order chi connectivity index (χ0) is 26.8. The summed E-state index contributed by atoms with van der Waals surface area (Å²) in [5.41, 5.74) is -0.425. The summed E-state index contributed by atoms with van der Waals surface area (Å²) in [5.74, 6) is -1.28. The van der Waals surface area contributed by atoms with Gasteiger partial charge in [0.25, 0.3) is 5.91 Å². The number of nitrogens with one attached hydrogen (secondary N) is 2. The van der Waals surface area contributed by atoms with Crippen LogP contribution in [-0.4, -0.2) is 43.6 Å². The average Bonchev–Trinajstić information content (AvgIpc) is 3.49. The van der Waals surface area contributed by atoms with Gasteiger partial charge in [0.05, 0.1) is 6.04 Å². The topological polar surface area (TPSA) is 170 Å². The number of carboxylic acids is 1. The van der Waals surface area contributed by atoms with Crippen LogP contribution in [0, 0.1) is 12.8 Å². The number of rotatable bonds is 8. The molecular formula is C23H29N5O7S. The zero-order valence-electron chi connectivity index (χ0n) is 21.0. The van der Waals surface area contributed by atoms with Crippen LogP contribution in [0.3, 0.4) is 0 Å². The fourth-order valence-electron chi connectivity index (χ4n) is 3.10. The number of carbonyl (C=O) groups excluding carboxylic acids is 2. The number of alkyl carbamates (subject to hydrolysis) is 1. The molecule has 36 heavy (non-hydrogen) atoms. The summed E-state index contributed by atoms with van der Waals surface area (Å²) in [6, 6.07) is -1.10. The van der Waals surface area contributed by atoms with E-state index in [-0.39, 0.29) is 34.8 Å². The first-order chi connectivity index (χ1) is 16.7. The Balaban J connectivity index is 1.74. The Morgan fingerprint density at radius 3 is 2.39 bits per heavy atom. The van der Waals surface area contributed by atoms with E-state index < -0.39 is 35.7 Å². The maximum absolute atomic E-state index is 12.8. The van der Waals surface area contributed by atoms with E-state index in [1.807, 2.05) is 13.8 Å². The number of ether oxygens (including phenoxy) is 1. The summed E-state index contributed by atoms with van der Waals surface area (Å²) in [6.07, 6.45) is 0.460. The van der Waals surface area contributed by atoms with E-state index in [1.54, 1.807) is 40.0 Å². The van der Waals surface area contributed by atoms with E-state index in [1.165, 1.54) is 11.3 Å².